The minimum absolute atomic E-state index is 0.0141. The van der Waals surface area contributed by atoms with Crippen molar-refractivity contribution < 1.29 is 0 Å². The van der Waals surface area contributed by atoms with Gasteiger partial charge in [0.1, 0.15) is 0 Å². The van der Waals surface area contributed by atoms with Gasteiger partial charge in [0.25, 0.3) is 0 Å². The van der Waals surface area contributed by atoms with Crippen molar-refractivity contribution in [3.05, 3.63) is 69.0 Å². The van der Waals surface area contributed by atoms with Gasteiger partial charge in [-0.05, 0) is 41.6 Å². The van der Waals surface area contributed by atoms with E-state index in [0.717, 1.165) is 5.56 Å². The van der Waals surface area contributed by atoms with Crippen molar-refractivity contribution >= 4 is 44.6 Å². The lowest BCUT2D eigenvalue weighted by molar-refractivity contribution is 0.561. The van der Waals surface area contributed by atoms with Gasteiger partial charge < -0.3 is 0 Å². The third-order valence-corrected chi connectivity index (χ3v) is 5.40. The maximum Gasteiger partial charge on any atom is 0.0595 e. The molecule has 0 saturated heterocycles. The van der Waals surface area contributed by atoms with Crippen molar-refractivity contribution in [3.63, 3.8) is 0 Å². The molecular weight excluding hydrogens is 323 g/mol. The molecule has 3 N–H and O–H groups in total. The number of hydrazine groups is 1. The van der Waals surface area contributed by atoms with Gasteiger partial charge in [-0.2, -0.15) is 0 Å². The molecule has 0 bridgehead atoms. The molecule has 0 amide bonds. The molecule has 2 aromatic carbocycles. The monoisotopic (exact) mass is 336 g/mol. The quantitative estimate of drug-likeness (QED) is 0.522. The molecule has 1 heterocycles. The van der Waals surface area contributed by atoms with Crippen molar-refractivity contribution in [3.8, 4) is 0 Å². The van der Waals surface area contributed by atoms with Gasteiger partial charge in [0.15, 0.2) is 0 Å². The summed E-state index contributed by atoms with van der Waals surface area (Å²) in [6, 6.07) is 16.0. The highest BCUT2D eigenvalue weighted by atomic mass is 35.5. The first-order chi connectivity index (χ1) is 10.2. The number of hydrogen-bond donors (Lipinski definition) is 2. The molecule has 3 aromatic rings. The number of fused-ring (bicyclic) bond motifs is 1. The van der Waals surface area contributed by atoms with E-state index in [1.54, 1.807) is 11.3 Å². The van der Waals surface area contributed by atoms with Crippen LogP contribution in [0.5, 0.6) is 0 Å². The van der Waals surface area contributed by atoms with Gasteiger partial charge in [0, 0.05) is 19.6 Å². The summed E-state index contributed by atoms with van der Waals surface area (Å²) in [6.45, 7) is 0. The van der Waals surface area contributed by atoms with E-state index in [2.05, 4.69) is 23.6 Å². The Bertz CT molecular complexity index is 717. The first-order valence-electron chi connectivity index (χ1n) is 6.56. The zero-order valence-electron chi connectivity index (χ0n) is 11.1. The molecule has 0 fully saturated rings. The molecule has 0 aliphatic rings. The summed E-state index contributed by atoms with van der Waals surface area (Å²) >= 11 is 14.2. The van der Waals surface area contributed by atoms with Crippen molar-refractivity contribution in [1.82, 2.24) is 5.43 Å². The zero-order valence-corrected chi connectivity index (χ0v) is 13.5. The molecule has 2 nitrogen and oxygen atoms in total. The second kappa shape index (κ2) is 6.34. The first kappa shape index (κ1) is 14.8. The maximum atomic E-state index is 6.25. The summed E-state index contributed by atoms with van der Waals surface area (Å²) in [4.78, 5) is 1.18. The van der Waals surface area contributed by atoms with Crippen LogP contribution in [-0.2, 0) is 6.42 Å². The Labute approximate surface area is 137 Å². The summed E-state index contributed by atoms with van der Waals surface area (Å²) in [5.41, 5.74) is 3.79. The van der Waals surface area contributed by atoms with Gasteiger partial charge in [0.05, 0.1) is 6.04 Å². The summed E-state index contributed by atoms with van der Waals surface area (Å²) in [6.07, 6.45) is 0.655. The largest absolute Gasteiger partial charge is 0.271 e. The van der Waals surface area contributed by atoms with Crippen LogP contribution in [0.25, 0.3) is 10.1 Å². The third-order valence-electron chi connectivity index (χ3n) is 3.46. The van der Waals surface area contributed by atoms with E-state index < -0.39 is 0 Å². The van der Waals surface area contributed by atoms with Crippen molar-refractivity contribution in [2.24, 2.45) is 5.84 Å². The van der Waals surface area contributed by atoms with E-state index >= 15 is 0 Å². The number of rotatable bonds is 4. The fourth-order valence-corrected chi connectivity index (χ4v) is 4.02. The van der Waals surface area contributed by atoms with Crippen LogP contribution in [0.2, 0.25) is 10.0 Å². The average Bonchev–Trinajstić information content (AvgIpc) is 2.90. The van der Waals surface area contributed by atoms with Crippen LogP contribution in [0.15, 0.2) is 48.5 Å². The molecule has 0 saturated carbocycles. The number of nitrogens with two attached hydrogens (primary N) is 1. The van der Waals surface area contributed by atoms with E-state index in [-0.39, 0.29) is 6.04 Å². The van der Waals surface area contributed by atoms with Gasteiger partial charge in [0.2, 0.25) is 0 Å². The molecule has 1 aromatic heterocycles. The second-order valence-corrected chi connectivity index (χ2v) is 6.74. The van der Waals surface area contributed by atoms with Gasteiger partial charge >= 0.3 is 0 Å². The minimum atomic E-state index is -0.0141. The smallest absolute Gasteiger partial charge is 0.0595 e. The molecule has 5 heteroatoms. The standard InChI is InChI=1S/C16H14Cl2N2S/c17-12-5-3-6-13(18)11(12)9-14(20-19)16-8-10-4-1-2-7-15(10)21-16/h1-8,14,20H,9,19H2. The summed E-state index contributed by atoms with van der Waals surface area (Å²) < 4.78 is 1.25. The normalized spacial score (nSPS) is 12.7. The van der Waals surface area contributed by atoms with Crippen LogP contribution in [-0.4, -0.2) is 0 Å². The van der Waals surface area contributed by atoms with Crippen LogP contribution in [0.3, 0.4) is 0 Å². The van der Waals surface area contributed by atoms with Crippen molar-refractivity contribution in [2.75, 3.05) is 0 Å². The molecule has 0 radical (unpaired) electrons. The molecule has 0 spiro atoms. The highest BCUT2D eigenvalue weighted by Crippen LogP contribution is 2.34. The molecule has 0 aliphatic heterocycles. The van der Waals surface area contributed by atoms with Crippen LogP contribution in [0, 0.1) is 0 Å². The Balaban J connectivity index is 1.95. The topological polar surface area (TPSA) is 38.0 Å². The third kappa shape index (κ3) is 3.07. The predicted molar refractivity (Wildman–Crippen MR) is 92.1 cm³/mol. The summed E-state index contributed by atoms with van der Waals surface area (Å²) in [7, 11) is 0. The van der Waals surface area contributed by atoms with Crippen LogP contribution >= 0.6 is 34.5 Å². The summed E-state index contributed by atoms with van der Waals surface area (Å²) in [5.74, 6) is 5.75. The zero-order chi connectivity index (χ0) is 14.8. The van der Waals surface area contributed by atoms with Gasteiger partial charge in [-0.3, -0.25) is 11.3 Å². The lowest BCUT2D eigenvalue weighted by Gasteiger charge is -2.16. The van der Waals surface area contributed by atoms with E-state index in [1.165, 1.54) is 15.0 Å². The minimum Gasteiger partial charge on any atom is -0.271 e. The van der Waals surface area contributed by atoms with Crippen molar-refractivity contribution in [2.45, 2.75) is 12.5 Å². The Morgan fingerprint density at radius 1 is 1.05 bits per heavy atom. The van der Waals surface area contributed by atoms with Crippen LogP contribution in [0.1, 0.15) is 16.5 Å². The Morgan fingerprint density at radius 3 is 2.43 bits per heavy atom. The summed E-state index contributed by atoms with van der Waals surface area (Å²) in [5, 5.41) is 2.57. The number of benzene rings is 2. The lowest BCUT2D eigenvalue weighted by Crippen LogP contribution is -2.29. The van der Waals surface area contributed by atoms with Gasteiger partial charge in [-0.15, -0.1) is 11.3 Å². The lowest BCUT2D eigenvalue weighted by atomic mass is 10.0. The number of thiophene rings is 1. The van der Waals surface area contributed by atoms with E-state index in [9.17, 15) is 0 Å². The molecule has 1 unspecified atom stereocenters. The fourth-order valence-electron chi connectivity index (χ4n) is 2.35. The van der Waals surface area contributed by atoms with Crippen LogP contribution in [0.4, 0.5) is 0 Å². The number of halogens is 2. The van der Waals surface area contributed by atoms with E-state index in [4.69, 9.17) is 29.0 Å². The highest BCUT2D eigenvalue weighted by Gasteiger charge is 2.17. The van der Waals surface area contributed by atoms with E-state index in [0.29, 0.717) is 16.5 Å². The Morgan fingerprint density at radius 2 is 1.76 bits per heavy atom. The van der Waals surface area contributed by atoms with Crippen LogP contribution < -0.4 is 11.3 Å². The molecular formula is C16H14Cl2N2S. The van der Waals surface area contributed by atoms with E-state index in [1.807, 2.05) is 30.3 Å². The Hall–Kier alpha value is -1.10. The van der Waals surface area contributed by atoms with Gasteiger partial charge in [-0.25, -0.2) is 0 Å². The second-order valence-electron chi connectivity index (χ2n) is 4.81. The Kier molecular flexibility index (Phi) is 4.48. The highest BCUT2D eigenvalue weighted by molar-refractivity contribution is 7.19. The SMILES string of the molecule is NNC(Cc1c(Cl)cccc1Cl)c1cc2ccccc2s1. The molecule has 1 atom stereocenters. The average molecular weight is 337 g/mol. The maximum absolute atomic E-state index is 6.25. The molecule has 3 rings (SSSR count). The fraction of sp³-hybridized carbons (Fsp3) is 0.125. The molecule has 108 valence electrons. The molecule has 0 aliphatic carbocycles. The predicted octanol–water partition coefficient (Wildman–Crippen LogP) is 4.96. The number of hydrogen-bond acceptors (Lipinski definition) is 3. The first-order valence-corrected chi connectivity index (χ1v) is 8.14. The molecule has 21 heavy (non-hydrogen) atoms. The number of nitrogens with one attached hydrogen (secondary N) is 1. The van der Waals surface area contributed by atoms with Crippen molar-refractivity contribution in [1.29, 1.82) is 0 Å². The van der Waals surface area contributed by atoms with Gasteiger partial charge in [-0.1, -0.05) is 47.5 Å².